The van der Waals surface area contributed by atoms with Gasteiger partial charge < -0.3 is 24.8 Å². The number of fused-ring (bicyclic) bond motifs is 1. The van der Waals surface area contributed by atoms with Crippen molar-refractivity contribution in [3.8, 4) is 17.2 Å². The number of amides is 1. The largest absolute Gasteiger partial charge is 0.493 e. The van der Waals surface area contributed by atoms with Gasteiger partial charge in [0.25, 0.3) is 5.91 Å². The predicted molar refractivity (Wildman–Crippen MR) is 150 cm³/mol. The van der Waals surface area contributed by atoms with Gasteiger partial charge >= 0.3 is 0 Å². The average molecular weight is 546 g/mol. The predicted octanol–water partition coefficient (Wildman–Crippen LogP) is 5.85. The molecule has 2 heterocycles. The van der Waals surface area contributed by atoms with Crippen LogP contribution in [0.4, 0.5) is 11.6 Å². The number of benzene rings is 3. The lowest BCUT2D eigenvalue weighted by Gasteiger charge is -2.29. The molecule has 5 rings (SSSR count). The van der Waals surface area contributed by atoms with Crippen molar-refractivity contribution in [2.45, 2.75) is 26.5 Å². The van der Waals surface area contributed by atoms with E-state index in [1.807, 2.05) is 74.5 Å². The summed E-state index contributed by atoms with van der Waals surface area (Å²) in [6.45, 7) is 4.57. The van der Waals surface area contributed by atoms with Crippen LogP contribution >= 0.6 is 11.6 Å². The molecule has 10 heteroatoms. The summed E-state index contributed by atoms with van der Waals surface area (Å²) in [4.78, 5) is 18.1. The fraction of sp³-hybridized carbons (Fsp3) is 0.207. The van der Waals surface area contributed by atoms with E-state index in [1.165, 1.54) is 6.33 Å². The Morgan fingerprint density at radius 1 is 1.05 bits per heavy atom. The number of allylic oxidation sites excluding steroid dienone is 1. The maximum absolute atomic E-state index is 13.8. The number of carbonyl (C=O) groups is 1. The molecular weight excluding hydrogens is 518 g/mol. The van der Waals surface area contributed by atoms with Crippen molar-refractivity contribution < 1.29 is 19.0 Å². The van der Waals surface area contributed by atoms with Gasteiger partial charge in [0.05, 0.1) is 25.0 Å². The third kappa shape index (κ3) is 5.53. The van der Waals surface area contributed by atoms with E-state index in [0.29, 0.717) is 58.4 Å². The highest BCUT2D eigenvalue weighted by Gasteiger charge is 2.34. The lowest BCUT2D eigenvalue weighted by molar-refractivity contribution is -0.113. The van der Waals surface area contributed by atoms with E-state index in [0.717, 1.165) is 11.1 Å². The van der Waals surface area contributed by atoms with Crippen LogP contribution in [0.5, 0.6) is 17.2 Å². The van der Waals surface area contributed by atoms with Crippen LogP contribution in [-0.2, 0) is 11.4 Å². The molecule has 1 unspecified atom stereocenters. The number of hydrogen-bond donors (Lipinski definition) is 2. The second-order valence-electron chi connectivity index (χ2n) is 8.80. The average Bonchev–Trinajstić information content (AvgIpc) is 3.41. The Kier molecular flexibility index (Phi) is 7.69. The summed E-state index contributed by atoms with van der Waals surface area (Å²) in [6.07, 6.45) is 1.45. The number of nitrogens with zero attached hydrogens (tertiary/aromatic N) is 3. The zero-order valence-corrected chi connectivity index (χ0v) is 22.5. The van der Waals surface area contributed by atoms with E-state index >= 15 is 0 Å². The third-order valence-electron chi connectivity index (χ3n) is 6.29. The molecular formula is C29H28ClN5O4. The lowest BCUT2D eigenvalue weighted by atomic mass is 9.94. The van der Waals surface area contributed by atoms with Crippen LogP contribution in [0.2, 0.25) is 5.02 Å². The summed E-state index contributed by atoms with van der Waals surface area (Å²) >= 11 is 5.99. The smallest absolute Gasteiger partial charge is 0.255 e. The molecule has 2 N–H and O–H groups in total. The molecule has 0 aliphatic carbocycles. The number of anilines is 2. The van der Waals surface area contributed by atoms with Crippen molar-refractivity contribution in [1.82, 2.24) is 14.8 Å². The van der Waals surface area contributed by atoms with Gasteiger partial charge in [-0.2, -0.15) is 10.1 Å². The molecule has 0 fully saturated rings. The second-order valence-corrected chi connectivity index (χ2v) is 9.24. The summed E-state index contributed by atoms with van der Waals surface area (Å²) in [5.41, 5.74) is 3.48. The first kappa shape index (κ1) is 26.1. The van der Waals surface area contributed by atoms with Crippen molar-refractivity contribution in [3.63, 3.8) is 0 Å². The van der Waals surface area contributed by atoms with E-state index in [-0.39, 0.29) is 5.91 Å². The number of halogens is 1. The topological polar surface area (TPSA) is 99.5 Å². The SMILES string of the molecule is CCOc1ccccc1NC(=O)C1=C(C)Nc2ncnn2C1c1ccc(OCc2ccc(Cl)cc2)c(OC)c1. The van der Waals surface area contributed by atoms with Crippen LogP contribution in [0.3, 0.4) is 0 Å². The number of nitrogens with one attached hydrogen (secondary N) is 2. The molecule has 1 atom stereocenters. The van der Waals surface area contributed by atoms with E-state index in [2.05, 4.69) is 20.7 Å². The molecule has 200 valence electrons. The fourth-order valence-electron chi connectivity index (χ4n) is 4.45. The first-order valence-corrected chi connectivity index (χ1v) is 12.8. The van der Waals surface area contributed by atoms with Crippen molar-refractivity contribution >= 4 is 29.1 Å². The van der Waals surface area contributed by atoms with Gasteiger partial charge in [0.1, 0.15) is 24.7 Å². The number of carbonyl (C=O) groups excluding carboxylic acids is 1. The molecule has 0 spiro atoms. The van der Waals surface area contributed by atoms with Gasteiger partial charge in [0.15, 0.2) is 11.5 Å². The van der Waals surface area contributed by atoms with Crippen LogP contribution in [0.15, 0.2) is 84.3 Å². The summed E-state index contributed by atoms with van der Waals surface area (Å²) in [7, 11) is 1.58. The minimum absolute atomic E-state index is 0.291. The molecule has 1 aliphatic heterocycles. The Morgan fingerprint density at radius 3 is 2.62 bits per heavy atom. The number of aromatic nitrogens is 3. The molecule has 0 saturated heterocycles. The number of rotatable bonds is 9. The molecule has 1 aromatic heterocycles. The van der Waals surface area contributed by atoms with Crippen LogP contribution in [0.25, 0.3) is 0 Å². The van der Waals surface area contributed by atoms with Gasteiger partial charge in [0, 0.05) is 10.7 Å². The first-order chi connectivity index (χ1) is 19.0. The highest BCUT2D eigenvalue weighted by atomic mass is 35.5. The van der Waals surface area contributed by atoms with Crippen LogP contribution < -0.4 is 24.8 Å². The maximum atomic E-state index is 13.8. The Morgan fingerprint density at radius 2 is 1.85 bits per heavy atom. The zero-order valence-electron chi connectivity index (χ0n) is 21.8. The Balaban J connectivity index is 1.47. The van der Waals surface area contributed by atoms with E-state index in [4.69, 9.17) is 25.8 Å². The minimum atomic E-state index is -0.567. The normalized spacial score (nSPS) is 14.3. The molecule has 3 aromatic carbocycles. The van der Waals surface area contributed by atoms with E-state index < -0.39 is 6.04 Å². The first-order valence-electron chi connectivity index (χ1n) is 12.4. The molecule has 9 nitrogen and oxygen atoms in total. The van der Waals surface area contributed by atoms with Crippen molar-refractivity contribution in [2.24, 2.45) is 0 Å². The van der Waals surface area contributed by atoms with Crippen LogP contribution in [-0.4, -0.2) is 34.4 Å². The Hall–Kier alpha value is -4.50. The zero-order chi connectivity index (χ0) is 27.4. The molecule has 4 aromatic rings. The van der Waals surface area contributed by atoms with Crippen molar-refractivity contribution in [3.05, 3.63) is 100 Å². The van der Waals surface area contributed by atoms with Gasteiger partial charge in [0.2, 0.25) is 5.95 Å². The summed E-state index contributed by atoms with van der Waals surface area (Å²) < 4.78 is 19.1. The van der Waals surface area contributed by atoms with Gasteiger partial charge in [-0.15, -0.1) is 0 Å². The van der Waals surface area contributed by atoms with Gasteiger partial charge in [-0.25, -0.2) is 4.68 Å². The maximum Gasteiger partial charge on any atom is 0.255 e. The number of methoxy groups -OCH3 is 1. The van der Waals surface area contributed by atoms with Gasteiger partial charge in [-0.05, 0) is 61.4 Å². The molecule has 0 radical (unpaired) electrons. The van der Waals surface area contributed by atoms with Crippen LogP contribution in [0, 0.1) is 0 Å². The van der Waals surface area contributed by atoms with Crippen LogP contribution in [0.1, 0.15) is 31.0 Å². The third-order valence-corrected chi connectivity index (χ3v) is 6.54. The molecule has 1 amide bonds. The monoisotopic (exact) mass is 545 g/mol. The highest BCUT2D eigenvalue weighted by molar-refractivity contribution is 6.30. The molecule has 39 heavy (non-hydrogen) atoms. The summed E-state index contributed by atoms with van der Waals surface area (Å²) in [5.74, 6) is 1.94. The van der Waals surface area contributed by atoms with Crippen molar-refractivity contribution in [1.29, 1.82) is 0 Å². The number of para-hydroxylation sites is 2. The van der Waals surface area contributed by atoms with E-state index in [1.54, 1.807) is 17.9 Å². The van der Waals surface area contributed by atoms with E-state index in [9.17, 15) is 4.79 Å². The Labute approximate surface area is 231 Å². The van der Waals surface area contributed by atoms with Gasteiger partial charge in [-0.1, -0.05) is 41.9 Å². The fourth-order valence-corrected chi connectivity index (χ4v) is 4.58. The molecule has 1 aliphatic rings. The summed E-state index contributed by atoms with van der Waals surface area (Å²) in [6, 6.07) is 19.8. The molecule has 0 saturated carbocycles. The Bertz CT molecular complexity index is 1520. The summed E-state index contributed by atoms with van der Waals surface area (Å²) in [5, 5.41) is 11.3. The highest BCUT2D eigenvalue weighted by Crippen LogP contribution is 2.39. The minimum Gasteiger partial charge on any atom is -0.493 e. The van der Waals surface area contributed by atoms with Crippen molar-refractivity contribution in [2.75, 3.05) is 24.4 Å². The standard InChI is InChI=1S/C29H28ClN5O4/c1-4-38-23-8-6-5-7-22(23)34-28(36)26-18(2)33-29-31-17-32-35(29)27(26)20-11-14-24(25(15-20)37-3)39-16-19-9-12-21(30)13-10-19/h5-15,17,27H,4,16H2,1-3H3,(H,34,36)(H,31,32,33). The second kappa shape index (κ2) is 11.5. The van der Waals surface area contributed by atoms with Gasteiger partial charge in [-0.3, -0.25) is 4.79 Å². The number of hydrogen-bond acceptors (Lipinski definition) is 7. The molecule has 0 bridgehead atoms. The number of ether oxygens (including phenoxy) is 3. The lowest BCUT2D eigenvalue weighted by Crippen LogP contribution is -2.31. The quantitative estimate of drug-likeness (QED) is 0.272.